The van der Waals surface area contributed by atoms with Gasteiger partial charge < -0.3 is 14.4 Å². The molecule has 0 aliphatic carbocycles. The lowest BCUT2D eigenvalue weighted by atomic mass is 9.92. The van der Waals surface area contributed by atoms with Crippen LogP contribution in [0.3, 0.4) is 0 Å². The van der Waals surface area contributed by atoms with E-state index in [1.807, 2.05) is 43.3 Å². The minimum Gasteiger partial charge on any atom is -0.461 e. The van der Waals surface area contributed by atoms with E-state index in [0.29, 0.717) is 77.8 Å². The Balaban J connectivity index is 1.48. The Bertz CT molecular complexity index is 2360. The summed E-state index contributed by atoms with van der Waals surface area (Å²) in [6, 6.07) is 26.7. The van der Waals surface area contributed by atoms with Gasteiger partial charge in [-0.05, 0) is 104 Å². The lowest BCUT2D eigenvalue weighted by Gasteiger charge is -2.29. The molecule has 0 radical (unpaired) electrons. The molecule has 2 amide bonds. The first-order valence-electron chi connectivity index (χ1n) is 19.4. The van der Waals surface area contributed by atoms with E-state index in [2.05, 4.69) is 11.6 Å². The molecule has 6 rings (SSSR count). The number of esters is 1. The normalized spacial score (nSPS) is 12.5. The number of nitrogens with one attached hydrogen (secondary N) is 1. The van der Waals surface area contributed by atoms with Gasteiger partial charge in [0.05, 0.1) is 23.7 Å². The molecule has 0 spiro atoms. The summed E-state index contributed by atoms with van der Waals surface area (Å²) in [5, 5.41) is 5.38. The molecule has 0 saturated carbocycles. The van der Waals surface area contributed by atoms with Crippen molar-refractivity contribution in [1.82, 2.24) is 19.4 Å². The Kier molecular flexibility index (Phi) is 13.5. The number of amides is 2. The van der Waals surface area contributed by atoms with E-state index in [1.165, 1.54) is 12.1 Å². The summed E-state index contributed by atoms with van der Waals surface area (Å²) in [7, 11) is -3.93. The molecule has 0 fully saturated rings. The molecule has 57 heavy (non-hydrogen) atoms. The number of nitrogens with zero attached hydrogens (tertiary/aromatic N) is 3. The average Bonchev–Trinajstić information content (AvgIpc) is 3.59. The molecule has 1 N–H and O–H groups in total. The van der Waals surface area contributed by atoms with E-state index >= 15 is 0 Å². The fraction of sp³-hybridized carbons (Fsp3) is 0.318. The zero-order valence-corrected chi connectivity index (χ0v) is 34.0. The van der Waals surface area contributed by atoms with Crippen molar-refractivity contribution in [3.63, 3.8) is 0 Å². The van der Waals surface area contributed by atoms with Crippen LogP contribution in [0.15, 0.2) is 91.0 Å². The molecule has 11 nitrogen and oxygen atoms in total. The van der Waals surface area contributed by atoms with Crippen LogP contribution in [0.1, 0.15) is 101 Å². The maximum atomic E-state index is 14.8. The molecule has 13 heteroatoms. The first-order valence-corrected chi connectivity index (χ1v) is 21.4. The zero-order chi connectivity index (χ0) is 40.5. The number of unbranched alkanes of at least 4 members (excludes halogenated alkanes) is 3. The van der Waals surface area contributed by atoms with E-state index in [-0.39, 0.29) is 35.1 Å². The third-order valence-electron chi connectivity index (χ3n) is 9.79. The Morgan fingerprint density at radius 2 is 1.60 bits per heavy atom. The van der Waals surface area contributed by atoms with Gasteiger partial charge in [0.1, 0.15) is 11.5 Å². The number of benzene rings is 4. The van der Waals surface area contributed by atoms with E-state index in [0.717, 1.165) is 30.4 Å². The first kappa shape index (κ1) is 41.2. The van der Waals surface area contributed by atoms with Crippen LogP contribution in [0.25, 0.3) is 16.8 Å². The molecular formula is C44H47ClN4O7S. The molecule has 0 unspecified atom stereocenters. The van der Waals surface area contributed by atoms with Gasteiger partial charge in [0.2, 0.25) is 10.0 Å². The van der Waals surface area contributed by atoms with Crippen molar-refractivity contribution in [2.75, 3.05) is 18.9 Å². The van der Waals surface area contributed by atoms with Gasteiger partial charge in [-0.3, -0.25) is 9.59 Å². The second kappa shape index (κ2) is 18.7. The van der Waals surface area contributed by atoms with Crippen LogP contribution in [-0.4, -0.2) is 59.8 Å². The largest absolute Gasteiger partial charge is 0.461 e. The van der Waals surface area contributed by atoms with Crippen LogP contribution in [0.2, 0.25) is 5.02 Å². The summed E-state index contributed by atoms with van der Waals surface area (Å²) in [6.45, 7) is 6.59. The Labute approximate surface area is 339 Å². The summed E-state index contributed by atoms with van der Waals surface area (Å²) in [4.78, 5) is 43.8. The number of carbonyl (C=O) groups excluding carboxylic acids is 3. The van der Waals surface area contributed by atoms with Gasteiger partial charge in [0.25, 0.3) is 11.8 Å². The van der Waals surface area contributed by atoms with Crippen molar-refractivity contribution >= 4 is 39.4 Å². The molecule has 2 heterocycles. The van der Waals surface area contributed by atoms with Gasteiger partial charge in [-0.25, -0.2) is 22.6 Å². The molecular weight excluding hydrogens is 764 g/mol. The predicted octanol–water partition coefficient (Wildman–Crippen LogP) is 8.95. The molecule has 5 aromatic rings. The number of carbonyl (C=O) groups is 3. The topological polar surface area (TPSA) is 137 Å². The molecule has 298 valence electrons. The second-order valence-corrected chi connectivity index (χ2v) is 16.2. The molecule has 1 aliphatic heterocycles. The second-order valence-electron chi connectivity index (χ2n) is 13.9. The molecule has 4 aromatic carbocycles. The highest BCUT2D eigenvalue weighted by atomic mass is 35.5. The van der Waals surface area contributed by atoms with Crippen molar-refractivity contribution in [2.45, 2.75) is 72.3 Å². The summed E-state index contributed by atoms with van der Waals surface area (Å²) in [5.41, 5.74) is 4.39. The van der Waals surface area contributed by atoms with E-state index in [1.54, 1.807) is 59.0 Å². The van der Waals surface area contributed by atoms with Crippen LogP contribution < -0.4 is 9.46 Å². The number of sulfonamides is 1. The third kappa shape index (κ3) is 9.92. The van der Waals surface area contributed by atoms with Gasteiger partial charge >= 0.3 is 5.97 Å². The highest BCUT2D eigenvalue weighted by molar-refractivity contribution is 7.90. The lowest BCUT2D eigenvalue weighted by molar-refractivity contribution is 0.0519. The first-order chi connectivity index (χ1) is 27.5. The summed E-state index contributed by atoms with van der Waals surface area (Å²) >= 11 is 6.16. The smallest absolute Gasteiger partial charge is 0.359 e. The van der Waals surface area contributed by atoms with Crippen molar-refractivity contribution in [3.8, 4) is 28.3 Å². The number of hydrogen-bond acceptors (Lipinski definition) is 8. The van der Waals surface area contributed by atoms with Crippen molar-refractivity contribution in [2.24, 2.45) is 0 Å². The van der Waals surface area contributed by atoms with Crippen molar-refractivity contribution < 1.29 is 32.3 Å². The number of aromatic nitrogens is 2. The minimum atomic E-state index is -3.93. The molecule has 1 aliphatic rings. The number of fused-ring (bicyclic) bond motifs is 1. The van der Waals surface area contributed by atoms with Crippen LogP contribution in [-0.2, 0) is 34.1 Å². The van der Waals surface area contributed by atoms with E-state index in [9.17, 15) is 22.8 Å². The van der Waals surface area contributed by atoms with E-state index in [4.69, 9.17) is 26.2 Å². The number of hydrogen-bond donors (Lipinski definition) is 1. The Morgan fingerprint density at radius 3 is 2.32 bits per heavy atom. The summed E-state index contributed by atoms with van der Waals surface area (Å²) in [6.07, 6.45) is 4.64. The summed E-state index contributed by atoms with van der Waals surface area (Å²) in [5.74, 6) is -0.942. The average molecular weight is 811 g/mol. The van der Waals surface area contributed by atoms with Gasteiger partial charge in [0.15, 0.2) is 5.69 Å². The van der Waals surface area contributed by atoms with Crippen LogP contribution in [0.5, 0.6) is 11.5 Å². The highest BCUT2D eigenvalue weighted by Gasteiger charge is 2.32. The SMILES string of the molecule is CCCCCS(=O)(=O)NC(=O)c1ccc(-c2c(C(=O)OCC)nn(-c3ccc(Oc4cccc(Cl)c4)cc3)c2CCCC)c(C(=O)N2CCc3ccccc3C2)c1. The molecule has 0 saturated heterocycles. The summed E-state index contributed by atoms with van der Waals surface area (Å²) < 4.78 is 41.2. The van der Waals surface area contributed by atoms with Gasteiger partial charge in [-0.1, -0.05) is 81.1 Å². The van der Waals surface area contributed by atoms with Crippen molar-refractivity contribution in [1.29, 1.82) is 0 Å². The third-order valence-corrected chi connectivity index (χ3v) is 11.4. The maximum absolute atomic E-state index is 14.8. The molecule has 0 atom stereocenters. The van der Waals surface area contributed by atoms with E-state index < -0.39 is 21.9 Å². The standard InChI is InChI=1S/C44H47ClN4O7S/c1-4-7-11-26-57(53,54)47-42(50)31-18-23-37(38(27-31)43(51)48-25-24-30-13-9-10-14-32(30)29-48)40-39(17-8-5-2)49(46-41(40)44(52)55-6-3)34-19-21-35(22-20-34)56-36-16-12-15-33(45)28-36/h9-10,12-16,18-23,27-28H,4-8,11,17,24-26,29H2,1-3H3,(H,47,50). The van der Waals surface area contributed by atoms with Gasteiger partial charge in [-0.2, -0.15) is 5.10 Å². The quantitative estimate of drug-likeness (QED) is 0.0771. The van der Waals surface area contributed by atoms with Crippen LogP contribution in [0, 0.1) is 0 Å². The predicted molar refractivity (Wildman–Crippen MR) is 221 cm³/mol. The Morgan fingerprint density at radius 1 is 0.842 bits per heavy atom. The monoisotopic (exact) mass is 810 g/mol. The lowest BCUT2D eigenvalue weighted by Crippen LogP contribution is -2.36. The fourth-order valence-electron chi connectivity index (χ4n) is 6.90. The van der Waals surface area contributed by atoms with Gasteiger partial charge in [-0.15, -0.1) is 0 Å². The fourth-order valence-corrected chi connectivity index (χ4v) is 8.17. The maximum Gasteiger partial charge on any atom is 0.359 e. The number of rotatable bonds is 16. The number of halogens is 1. The number of ether oxygens (including phenoxy) is 2. The zero-order valence-electron chi connectivity index (χ0n) is 32.4. The van der Waals surface area contributed by atoms with Gasteiger partial charge in [0, 0.05) is 34.8 Å². The highest BCUT2D eigenvalue weighted by Crippen LogP contribution is 2.36. The van der Waals surface area contributed by atoms with Crippen molar-refractivity contribution in [3.05, 3.63) is 130 Å². The van der Waals surface area contributed by atoms with Crippen LogP contribution in [0.4, 0.5) is 0 Å². The van der Waals surface area contributed by atoms with Crippen LogP contribution >= 0.6 is 11.6 Å². The molecule has 0 bridgehead atoms. The Hall–Kier alpha value is -5.46. The molecule has 1 aromatic heterocycles. The minimum absolute atomic E-state index is 0.00551.